The molecule has 204 valence electrons. The predicted octanol–water partition coefficient (Wildman–Crippen LogP) is -1.32. The summed E-state index contributed by atoms with van der Waals surface area (Å²) in [7, 11) is 1.74. The lowest BCUT2D eigenvalue weighted by Gasteiger charge is -2.71. The van der Waals surface area contributed by atoms with E-state index in [2.05, 4.69) is 10.3 Å². The fourth-order valence-electron chi connectivity index (χ4n) is 11.2. The molecule has 6 aliphatic rings. The van der Waals surface area contributed by atoms with E-state index in [1.54, 1.807) is 7.05 Å². The van der Waals surface area contributed by atoms with Gasteiger partial charge in [0.1, 0.15) is 6.04 Å². The van der Waals surface area contributed by atoms with Crippen molar-refractivity contribution >= 4 is 17.7 Å². The van der Waals surface area contributed by atoms with Gasteiger partial charge in [0.15, 0.2) is 11.4 Å². The number of nitrogens with zero attached hydrogens (tertiary/aromatic N) is 1. The maximum absolute atomic E-state index is 13.6. The summed E-state index contributed by atoms with van der Waals surface area (Å²) in [5, 5.41) is 37.9. The maximum atomic E-state index is 13.6. The van der Waals surface area contributed by atoms with Crippen LogP contribution in [0.2, 0.25) is 0 Å². The van der Waals surface area contributed by atoms with Crippen molar-refractivity contribution in [2.45, 2.75) is 82.3 Å². The molecule has 1 saturated heterocycles. The van der Waals surface area contributed by atoms with Crippen LogP contribution >= 0.6 is 0 Å². The van der Waals surface area contributed by atoms with Gasteiger partial charge in [-0.25, -0.2) is 4.99 Å². The van der Waals surface area contributed by atoms with Crippen LogP contribution in [0.15, 0.2) is 16.1 Å². The largest absolute Gasteiger partial charge is 0.545 e. The maximum Gasteiger partial charge on any atom is 0.293 e. The molecular formula is C28H42N4O5. The number of Topliss-reactive ketones (excluding diaryl/α,β-unsaturated/α-hetero) is 1. The summed E-state index contributed by atoms with van der Waals surface area (Å²) in [4.78, 5) is 32.0. The van der Waals surface area contributed by atoms with E-state index in [1.165, 1.54) is 4.90 Å². The van der Waals surface area contributed by atoms with E-state index in [0.717, 1.165) is 63.6 Å². The van der Waals surface area contributed by atoms with Gasteiger partial charge < -0.3 is 31.2 Å². The summed E-state index contributed by atoms with van der Waals surface area (Å²) < 4.78 is 0. The Morgan fingerprint density at radius 3 is 2.76 bits per heavy atom. The predicted molar refractivity (Wildman–Crippen MR) is 134 cm³/mol. The molecule has 2 spiro atoms. The minimum absolute atomic E-state index is 0.0582. The number of carboxylic acid groups (broad SMARTS) is 1. The molecule has 6 rings (SSSR count). The van der Waals surface area contributed by atoms with Crippen LogP contribution in [0.4, 0.5) is 0 Å². The summed E-state index contributed by atoms with van der Waals surface area (Å²) in [6, 6.07) is 0.142. The SMILES string of the molecule is CN=C(N)[NH+]1CC[C@H](CNCCO)[C@@]23[C@@H]4CC[C@]5(CCCCC(=O)[C@]6(O)C[C@@]52C(=C6C(=O)[O-])C4)CC[C@@H]13. The van der Waals surface area contributed by atoms with Crippen molar-refractivity contribution in [3.05, 3.63) is 11.1 Å². The number of carboxylic acids is 1. The van der Waals surface area contributed by atoms with Crippen LogP contribution in [-0.2, 0) is 9.59 Å². The molecular weight excluding hydrogens is 472 g/mol. The molecule has 0 radical (unpaired) electrons. The van der Waals surface area contributed by atoms with Crippen molar-refractivity contribution in [1.82, 2.24) is 5.32 Å². The number of ketones is 1. The quantitative estimate of drug-likeness (QED) is 0.173. The number of fused-ring (bicyclic) bond motifs is 1. The first kappa shape index (κ1) is 25.5. The van der Waals surface area contributed by atoms with Gasteiger partial charge in [-0.1, -0.05) is 12.0 Å². The van der Waals surface area contributed by atoms with Gasteiger partial charge in [0.05, 0.1) is 19.1 Å². The van der Waals surface area contributed by atoms with Crippen LogP contribution < -0.4 is 21.1 Å². The summed E-state index contributed by atoms with van der Waals surface area (Å²) in [6.07, 6.45) is 8.46. The first-order valence-electron chi connectivity index (χ1n) is 14.3. The van der Waals surface area contributed by atoms with Crippen LogP contribution in [0.3, 0.4) is 0 Å². The number of aliphatic carboxylic acids is 1. The zero-order valence-electron chi connectivity index (χ0n) is 22.0. The number of aliphatic hydroxyl groups excluding tert-OH is 1. The van der Waals surface area contributed by atoms with Gasteiger partial charge in [-0.2, -0.15) is 0 Å². The summed E-state index contributed by atoms with van der Waals surface area (Å²) in [5.74, 6) is -0.642. The lowest BCUT2D eigenvalue weighted by atomic mass is 9.33. The van der Waals surface area contributed by atoms with E-state index in [0.29, 0.717) is 25.3 Å². The highest BCUT2D eigenvalue weighted by Crippen LogP contribution is 2.84. The van der Waals surface area contributed by atoms with Crippen molar-refractivity contribution in [3.63, 3.8) is 0 Å². The molecule has 1 aliphatic heterocycles. The first-order valence-corrected chi connectivity index (χ1v) is 14.3. The van der Waals surface area contributed by atoms with E-state index < -0.39 is 17.0 Å². The number of guanidine groups is 1. The topological polar surface area (TPSA) is 153 Å². The molecule has 0 aromatic carbocycles. The van der Waals surface area contributed by atoms with Gasteiger partial charge in [-0.05, 0) is 68.7 Å². The molecule has 5 aliphatic carbocycles. The van der Waals surface area contributed by atoms with Crippen molar-refractivity contribution in [1.29, 1.82) is 0 Å². The molecule has 5 bridgehead atoms. The molecule has 9 heteroatoms. The standard InChI is InChI=1S/C28H42N4O5/c1-30-24(29)32-12-7-18(15-31-11-13-33)28-17-5-9-25(10-6-20(28)32)8-3-2-4-21(34)26(37)16-27(25,28)19(14-17)22(26)23(35)36/h17-18,20,31,33,37H,2-16H2,1H3,(H2,29,30)(H,35,36)/t17-,18-,20-,25-,26-,27-,28-/m1/s1. The minimum atomic E-state index is -1.98. The molecule has 0 amide bonds. The third-order valence-corrected chi connectivity index (χ3v) is 12.1. The van der Waals surface area contributed by atoms with Crippen molar-refractivity contribution in [2.24, 2.45) is 38.8 Å². The first-order chi connectivity index (χ1) is 17.7. The van der Waals surface area contributed by atoms with Crippen LogP contribution in [-0.4, -0.2) is 72.9 Å². The van der Waals surface area contributed by atoms with Crippen LogP contribution in [0, 0.1) is 28.1 Å². The lowest BCUT2D eigenvalue weighted by Crippen LogP contribution is -3.23. The van der Waals surface area contributed by atoms with Gasteiger partial charge >= 0.3 is 0 Å². The number of nitrogens with one attached hydrogen (secondary N) is 2. The Hall–Kier alpha value is -1.81. The average Bonchev–Trinajstić information content (AvgIpc) is 3.26. The Kier molecular flexibility index (Phi) is 5.92. The summed E-state index contributed by atoms with van der Waals surface area (Å²) in [6.45, 7) is 2.14. The second kappa shape index (κ2) is 8.60. The number of carbonyl (C=O) groups excluding carboxylic acids is 2. The van der Waals surface area contributed by atoms with Crippen molar-refractivity contribution in [2.75, 3.05) is 33.3 Å². The Balaban J connectivity index is 1.65. The number of hydrogen-bond donors (Lipinski definition) is 5. The average molecular weight is 515 g/mol. The molecule has 9 nitrogen and oxygen atoms in total. The Morgan fingerprint density at radius 1 is 1.24 bits per heavy atom. The molecule has 6 N–H and O–H groups in total. The third kappa shape index (κ3) is 2.92. The van der Waals surface area contributed by atoms with Gasteiger partial charge in [0.25, 0.3) is 5.96 Å². The zero-order valence-corrected chi connectivity index (χ0v) is 22.0. The van der Waals surface area contributed by atoms with Gasteiger partial charge in [-0.3, -0.25) is 9.69 Å². The number of rotatable bonds is 5. The lowest BCUT2D eigenvalue weighted by molar-refractivity contribution is -0.862. The van der Waals surface area contributed by atoms with Gasteiger partial charge in [0.2, 0.25) is 0 Å². The van der Waals surface area contributed by atoms with E-state index >= 15 is 0 Å². The summed E-state index contributed by atoms with van der Waals surface area (Å²) >= 11 is 0. The number of allylic oxidation sites excluding steroid dienone is 1. The molecule has 1 unspecified atom stereocenters. The van der Waals surface area contributed by atoms with Crippen molar-refractivity contribution in [3.8, 4) is 0 Å². The third-order valence-electron chi connectivity index (χ3n) is 12.1. The van der Waals surface area contributed by atoms with Gasteiger partial charge in [-0.15, -0.1) is 0 Å². The number of piperidine rings is 1. The molecule has 5 fully saturated rings. The highest BCUT2D eigenvalue weighted by Gasteiger charge is 2.84. The number of aliphatic hydroxyl groups is 2. The van der Waals surface area contributed by atoms with Crippen LogP contribution in [0.1, 0.15) is 70.6 Å². The van der Waals surface area contributed by atoms with E-state index in [4.69, 9.17) is 5.73 Å². The van der Waals surface area contributed by atoms with Crippen LogP contribution in [0.5, 0.6) is 0 Å². The minimum Gasteiger partial charge on any atom is -0.545 e. The Labute approximate surface area is 218 Å². The molecule has 8 atom stereocenters. The number of carbonyl (C=O) groups is 2. The molecule has 0 aromatic rings. The monoisotopic (exact) mass is 514 g/mol. The van der Waals surface area contributed by atoms with E-state index in [9.17, 15) is 24.9 Å². The molecule has 37 heavy (non-hydrogen) atoms. The second-order valence-corrected chi connectivity index (χ2v) is 12.8. The number of hydrogen-bond acceptors (Lipinski definition) is 7. The van der Waals surface area contributed by atoms with E-state index in [-0.39, 0.29) is 59.5 Å². The zero-order chi connectivity index (χ0) is 26.2. The molecule has 0 aromatic heterocycles. The number of aliphatic imine (C=N–C) groups is 1. The molecule has 1 heterocycles. The fraction of sp³-hybridized carbons (Fsp3) is 0.821. The highest BCUT2D eigenvalue weighted by atomic mass is 16.4. The number of quaternary nitrogens is 1. The normalized spacial score (nSPS) is 46.8. The molecule has 4 saturated carbocycles. The second-order valence-electron chi connectivity index (χ2n) is 12.8. The number of nitrogens with two attached hydrogens (primary N) is 1. The highest BCUT2D eigenvalue weighted by molar-refractivity contribution is 6.03. The van der Waals surface area contributed by atoms with Crippen molar-refractivity contribution < 1.29 is 29.8 Å². The van der Waals surface area contributed by atoms with E-state index in [1.807, 2.05) is 0 Å². The Morgan fingerprint density at radius 2 is 2.03 bits per heavy atom. The van der Waals surface area contributed by atoms with Crippen LogP contribution in [0.25, 0.3) is 0 Å². The number of likely N-dealkylation sites (tertiary alicyclic amines) is 1. The fourth-order valence-corrected chi connectivity index (χ4v) is 11.2. The van der Waals surface area contributed by atoms with Gasteiger partial charge in [0, 0.05) is 49.3 Å². The summed E-state index contributed by atoms with van der Waals surface area (Å²) in [5.41, 5.74) is 4.30. The Bertz CT molecular complexity index is 1070. The smallest absolute Gasteiger partial charge is 0.293 e.